The normalized spacial score (nSPS) is 17.2. The molecule has 0 radical (unpaired) electrons. The number of fused-ring (bicyclic) bond motifs is 2. The van der Waals surface area contributed by atoms with Crippen LogP contribution in [0.25, 0.3) is 27.9 Å². The van der Waals surface area contributed by atoms with E-state index in [9.17, 15) is 0 Å². The Labute approximate surface area is 303 Å². The van der Waals surface area contributed by atoms with E-state index in [1.165, 1.54) is 16.7 Å². The van der Waals surface area contributed by atoms with Crippen molar-refractivity contribution < 1.29 is 0 Å². The van der Waals surface area contributed by atoms with Gasteiger partial charge < -0.3 is 9.80 Å². The first-order chi connectivity index (χ1) is 24.4. The Morgan fingerprint density at radius 3 is 2.27 bits per heavy atom. The molecule has 1 aliphatic carbocycles. The zero-order valence-corrected chi connectivity index (χ0v) is 31.7. The standard InChI is InChI=1S/C21H24N4.C18H23N5.C3H6/c1-24-13-15-25(16-14-24)21-18-9-5-6-10-19(18)22-20(23-21)12-11-17-7-3-2-4-8-17;1-10-7-14-13(4)20-16(21-15(14)8-11(10)2)22-17-19-12(3)9-18(5,6)23-17;1-3-2/h3,5-12H,2,4,13-16H2,1H3;7-8H,9H2,1-6H3,(H,20,21,22,23);3H,1H2,2H3/b12-11+;;. The Kier molecular flexibility index (Phi) is 12.3. The molecule has 0 atom stereocenters. The predicted octanol–water partition coefficient (Wildman–Crippen LogP) is 8.83. The smallest absolute Gasteiger partial charge is 0.230 e. The van der Waals surface area contributed by atoms with Crippen LogP contribution in [0.1, 0.15) is 69.6 Å². The van der Waals surface area contributed by atoms with E-state index in [2.05, 4.69) is 131 Å². The highest BCUT2D eigenvalue weighted by atomic mass is 15.3. The third-order valence-corrected chi connectivity index (χ3v) is 8.97. The number of allylic oxidation sites excluding steroid dienone is 6. The number of rotatable bonds is 4. The minimum Gasteiger partial charge on any atom is -0.353 e. The average Bonchev–Trinajstić information content (AvgIpc) is 3.08. The molecular weight excluding hydrogens is 631 g/mol. The average molecular weight is 684 g/mol. The molecule has 1 fully saturated rings. The fourth-order valence-corrected chi connectivity index (χ4v) is 6.29. The zero-order valence-electron chi connectivity index (χ0n) is 31.7. The summed E-state index contributed by atoms with van der Waals surface area (Å²) in [6.45, 7) is 21.8. The third kappa shape index (κ3) is 10.0. The highest BCUT2D eigenvalue weighted by Gasteiger charge is 2.24. The first-order valence-corrected chi connectivity index (χ1v) is 17.9. The van der Waals surface area contributed by atoms with Crippen molar-refractivity contribution >= 4 is 51.3 Å². The molecule has 1 N–H and O–H groups in total. The molecule has 0 bridgehead atoms. The molecule has 3 aliphatic rings. The molecule has 0 amide bonds. The van der Waals surface area contributed by atoms with E-state index in [0.29, 0.717) is 11.9 Å². The van der Waals surface area contributed by atoms with Crippen LogP contribution in [0.15, 0.2) is 88.9 Å². The minimum absolute atomic E-state index is 0.145. The van der Waals surface area contributed by atoms with Crippen molar-refractivity contribution in [2.45, 2.75) is 73.3 Å². The second kappa shape index (κ2) is 16.8. The van der Waals surface area contributed by atoms with Gasteiger partial charge in [-0.1, -0.05) is 42.5 Å². The van der Waals surface area contributed by atoms with Gasteiger partial charge >= 0.3 is 0 Å². The lowest BCUT2D eigenvalue weighted by Crippen LogP contribution is -2.45. The van der Waals surface area contributed by atoms with Crippen LogP contribution in [0.2, 0.25) is 0 Å². The molecule has 4 heterocycles. The minimum atomic E-state index is -0.145. The number of nitrogens with zero attached hydrogens (tertiary/aromatic N) is 8. The van der Waals surface area contributed by atoms with Gasteiger partial charge in [0.15, 0.2) is 5.82 Å². The van der Waals surface area contributed by atoms with Gasteiger partial charge in [0, 0.05) is 49.1 Å². The molecule has 0 unspecified atom stereocenters. The number of aliphatic imine (C=N–C) groups is 2. The summed E-state index contributed by atoms with van der Waals surface area (Å²) in [5, 5.41) is 5.40. The van der Waals surface area contributed by atoms with Gasteiger partial charge in [-0.3, -0.25) is 5.32 Å². The molecule has 2 aliphatic heterocycles. The molecule has 2 aromatic heterocycles. The number of aromatic nitrogens is 4. The number of piperazine rings is 1. The molecule has 51 heavy (non-hydrogen) atoms. The number of para-hydroxylation sites is 1. The molecule has 0 spiro atoms. The molecule has 266 valence electrons. The van der Waals surface area contributed by atoms with Crippen LogP contribution in [0.3, 0.4) is 0 Å². The summed E-state index contributed by atoms with van der Waals surface area (Å²) in [6.07, 6.45) is 15.7. The number of hydrogen-bond donors (Lipinski definition) is 1. The maximum atomic E-state index is 4.89. The van der Waals surface area contributed by atoms with Gasteiger partial charge in [0.1, 0.15) is 5.82 Å². The van der Waals surface area contributed by atoms with E-state index in [1.807, 2.05) is 32.9 Å². The van der Waals surface area contributed by atoms with Crippen LogP contribution in [0.5, 0.6) is 0 Å². The number of anilines is 2. The summed E-state index contributed by atoms with van der Waals surface area (Å²) in [5.74, 6) is 2.98. The largest absolute Gasteiger partial charge is 0.353 e. The highest BCUT2D eigenvalue weighted by molar-refractivity contribution is 6.04. The fourth-order valence-electron chi connectivity index (χ4n) is 6.29. The van der Waals surface area contributed by atoms with Gasteiger partial charge in [-0.15, -0.1) is 6.58 Å². The SMILES string of the molecule is C=CC.CC1=NC(Nc2nc(C)c3cc(C)c(C)cc3n2)=NC(C)(C)C1.CN1CCN(c2nc(/C=C/C3=CCCC=C3)nc3ccccc23)CC1. The van der Waals surface area contributed by atoms with E-state index in [4.69, 9.17) is 9.97 Å². The van der Waals surface area contributed by atoms with E-state index in [0.717, 1.165) is 90.3 Å². The van der Waals surface area contributed by atoms with Crippen molar-refractivity contribution in [3.63, 3.8) is 0 Å². The predicted molar refractivity (Wildman–Crippen MR) is 217 cm³/mol. The Morgan fingerprint density at radius 1 is 0.843 bits per heavy atom. The van der Waals surface area contributed by atoms with Crippen molar-refractivity contribution in [2.75, 3.05) is 43.4 Å². The Hall–Kier alpha value is -5.02. The Balaban J connectivity index is 0.000000184. The quantitative estimate of drug-likeness (QED) is 0.215. The molecular formula is C42H53N9. The number of hydrogen-bond acceptors (Lipinski definition) is 9. The second-order valence-corrected chi connectivity index (χ2v) is 14.1. The monoisotopic (exact) mass is 683 g/mol. The van der Waals surface area contributed by atoms with Gasteiger partial charge in [-0.2, -0.15) is 0 Å². The summed E-state index contributed by atoms with van der Waals surface area (Å²) < 4.78 is 0. The second-order valence-electron chi connectivity index (χ2n) is 14.1. The van der Waals surface area contributed by atoms with Crippen molar-refractivity contribution in [1.82, 2.24) is 24.8 Å². The van der Waals surface area contributed by atoms with E-state index < -0.39 is 0 Å². The van der Waals surface area contributed by atoms with Crippen LogP contribution in [-0.2, 0) is 0 Å². The molecule has 7 rings (SSSR count). The summed E-state index contributed by atoms with van der Waals surface area (Å²) in [5.41, 5.74) is 7.56. The van der Waals surface area contributed by atoms with Crippen molar-refractivity contribution in [3.05, 3.63) is 102 Å². The lowest BCUT2D eigenvalue weighted by Gasteiger charge is -2.33. The van der Waals surface area contributed by atoms with E-state index in [1.54, 1.807) is 6.08 Å². The summed E-state index contributed by atoms with van der Waals surface area (Å²) in [6, 6.07) is 12.6. The maximum Gasteiger partial charge on any atom is 0.230 e. The van der Waals surface area contributed by atoms with E-state index >= 15 is 0 Å². The van der Waals surface area contributed by atoms with Gasteiger partial charge in [-0.25, -0.2) is 29.9 Å². The van der Waals surface area contributed by atoms with E-state index in [-0.39, 0.29) is 5.54 Å². The third-order valence-electron chi connectivity index (χ3n) is 8.97. The molecule has 9 nitrogen and oxygen atoms in total. The number of guanidine groups is 1. The van der Waals surface area contributed by atoms with Crippen LogP contribution in [-0.4, -0.2) is 75.3 Å². The lowest BCUT2D eigenvalue weighted by atomic mass is 9.98. The molecule has 9 heteroatoms. The Morgan fingerprint density at radius 2 is 1.57 bits per heavy atom. The van der Waals surface area contributed by atoms with Crippen LogP contribution < -0.4 is 10.2 Å². The number of aryl methyl sites for hydroxylation is 3. The van der Waals surface area contributed by atoms with Crippen molar-refractivity contribution in [3.8, 4) is 0 Å². The first-order valence-electron chi connectivity index (χ1n) is 17.9. The van der Waals surface area contributed by atoms with Gasteiger partial charge in [0.05, 0.1) is 22.3 Å². The van der Waals surface area contributed by atoms with Crippen molar-refractivity contribution in [2.24, 2.45) is 9.98 Å². The number of likely N-dealkylation sites (N-methyl/N-ethyl adjacent to an activating group) is 1. The lowest BCUT2D eigenvalue weighted by molar-refractivity contribution is 0.312. The van der Waals surface area contributed by atoms with Crippen LogP contribution >= 0.6 is 0 Å². The van der Waals surface area contributed by atoms with Gasteiger partial charge in [0.2, 0.25) is 11.9 Å². The summed E-state index contributed by atoms with van der Waals surface area (Å²) in [4.78, 5) is 32.7. The van der Waals surface area contributed by atoms with Crippen LogP contribution in [0.4, 0.5) is 11.8 Å². The number of benzene rings is 2. The van der Waals surface area contributed by atoms with Gasteiger partial charge in [0.25, 0.3) is 0 Å². The molecule has 2 aromatic carbocycles. The fraction of sp³-hybridized carbons (Fsp3) is 0.381. The summed E-state index contributed by atoms with van der Waals surface area (Å²) >= 11 is 0. The zero-order chi connectivity index (χ0) is 36.5. The molecule has 0 saturated carbocycles. The summed E-state index contributed by atoms with van der Waals surface area (Å²) in [7, 11) is 2.18. The van der Waals surface area contributed by atoms with Gasteiger partial charge in [-0.05, 0) is 115 Å². The highest BCUT2D eigenvalue weighted by Crippen LogP contribution is 2.26. The molecule has 1 saturated heterocycles. The molecule has 4 aromatic rings. The van der Waals surface area contributed by atoms with Crippen LogP contribution in [0, 0.1) is 20.8 Å². The Bertz CT molecular complexity index is 2030. The first kappa shape index (κ1) is 37.2. The van der Waals surface area contributed by atoms with Crippen molar-refractivity contribution in [1.29, 1.82) is 0 Å². The number of nitrogens with one attached hydrogen (secondary N) is 1. The maximum absolute atomic E-state index is 4.89. The topological polar surface area (TPSA) is 94.8 Å².